The zero-order valence-electron chi connectivity index (χ0n) is 15.3. The zero-order chi connectivity index (χ0) is 19.3. The Hall–Kier alpha value is -2.22. The molecule has 0 spiro atoms. The third-order valence-corrected chi connectivity index (χ3v) is 6.21. The molecule has 0 aromatic heterocycles. The molecule has 1 aliphatic heterocycles. The number of rotatable bonds is 6. The van der Waals surface area contributed by atoms with Gasteiger partial charge in [0.1, 0.15) is 0 Å². The van der Waals surface area contributed by atoms with E-state index >= 15 is 0 Å². The van der Waals surface area contributed by atoms with E-state index < -0.39 is 10.0 Å². The fourth-order valence-electron chi connectivity index (χ4n) is 3.16. The molecule has 7 heteroatoms. The predicted molar refractivity (Wildman–Crippen MR) is 105 cm³/mol. The van der Waals surface area contributed by atoms with Crippen molar-refractivity contribution in [2.45, 2.75) is 36.7 Å². The first-order chi connectivity index (χ1) is 13.0. The minimum absolute atomic E-state index is 0.0720. The number of nitrogens with one attached hydrogen (secondary N) is 3. The monoisotopic (exact) mass is 387 g/mol. The molecule has 1 heterocycles. The molecule has 0 saturated carbocycles. The van der Waals surface area contributed by atoms with Gasteiger partial charge in [-0.3, -0.25) is 4.79 Å². The molecular weight excluding hydrogens is 362 g/mol. The molecule has 3 N–H and O–H groups in total. The highest BCUT2D eigenvalue weighted by Crippen LogP contribution is 2.18. The van der Waals surface area contributed by atoms with Crippen LogP contribution in [0.25, 0.3) is 0 Å². The summed E-state index contributed by atoms with van der Waals surface area (Å²) >= 11 is 0. The Bertz CT molecular complexity index is 878. The van der Waals surface area contributed by atoms with Crippen LogP contribution >= 0.6 is 0 Å². The largest absolute Gasteiger partial charge is 0.348 e. The molecule has 2 aromatic rings. The predicted octanol–water partition coefficient (Wildman–Crippen LogP) is 2.21. The van der Waals surface area contributed by atoms with Gasteiger partial charge in [0, 0.05) is 24.2 Å². The number of benzene rings is 2. The van der Waals surface area contributed by atoms with Gasteiger partial charge in [0.25, 0.3) is 5.91 Å². The molecule has 1 saturated heterocycles. The third-order valence-electron chi connectivity index (χ3n) is 4.67. The third kappa shape index (κ3) is 5.15. The van der Waals surface area contributed by atoms with Crippen molar-refractivity contribution in [2.75, 3.05) is 13.1 Å². The molecule has 1 fully saturated rings. The average molecular weight is 388 g/mol. The number of hydrogen-bond donors (Lipinski definition) is 3. The molecule has 2 aromatic carbocycles. The van der Waals surface area contributed by atoms with Crippen molar-refractivity contribution < 1.29 is 13.2 Å². The van der Waals surface area contributed by atoms with Crippen molar-refractivity contribution in [3.63, 3.8) is 0 Å². The standard InChI is InChI=1S/C20H25N3O3S/c1-15(16-7-3-2-4-8-16)23-27(25,26)19-11-5-9-17(13-19)20(24)22-18-10-6-12-21-14-18/h2-5,7-9,11,13,15,18,21,23H,6,10,12,14H2,1H3,(H,22,24). The van der Waals surface area contributed by atoms with Gasteiger partial charge in [-0.05, 0) is 50.1 Å². The maximum absolute atomic E-state index is 12.7. The van der Waals surface area contributed by atoms with Crippen molar-refractivity contribution >= 4 is 15.9 Å². The van der Waals surface area contributed by atoms with Gasteiger partial charge in [0.05, 0.1) is 4.90 Å². The van der Waals surface area contributed by atoms with Gasteiger partial charge in [-0.1, -0.05) is 36.4 Å². The van der Waals surface area contributed by atoms with Crippen LogP contribution < -0.4 is 15.4 Å². The summed E-state index contributed by atoms with van der Waals surface area (Å²) in [4.78, 5) is 12.6. The molecule has 0 radical (unpaired) electrons. The zero-order valence-corrected chi connectivity index (χ0v) is 16.1. The van der Waals surface area contributed by atoms with E-state index in [1.807, 2.05) is 30.3 Å². The van der Waals surface area contributed by atoms with Crippen LogP contribution in [-0.4, -0.2) is 33.5 Å². The van der Waals surface area contributed by atoms with Crippen LogP contribution in [-0.2, 0) is 10.0 Å². The molecule has 0 bridgehead atoms. The van der Waals surface area contributed by atoms with E-state index in [2.05, 4.69) is 15.4 Å². The highest BCUT2D eigenvalue weighted by Gasteiger charge is 2.21. The molecule has 3 rings (SSSR count). The van der Waals surface area contributed by atoms with Crippen molar-refractivity contribution in [2.24, 2.45) is 0 Å². The number of hydrogen-bond acceptors (Lipinski definition) is 4. The highest BCUT2D eigenvalue weighted by molar-refractivity contribution is 7.89. The van der Waals surface area contributed by atoms with Crippen LogP contribution in [0.2, 0.25) is 0 Å². The molecule has 0 aliphatic carbocycles. The number of carbonyl (C=O) groups is 1. The Labute approximate surface area is 160 Å². The minimum Gasteiger partial charge on any atom is -0.348 e. The molecule has 144 valence electrons. The topological polar surface area (TPSA) is 87.3 Å². The fraction of sp³-hybridized carbons (Fsp3) is 0.350. The van der Waals surface area contributed by atoms with E-state index in [9.17, 15) is 13.2 Å². The van der Waals surface area contributed by atoms with Crippen molar-refractivity contribution in [3.05, 3.63) is 65.7 Å². The molecule has 1 aliphatic rings. The van der Waals surface area contributed by atoms with Gasteiger partial charge >= 0.3 is 0 Å². The fourth-order valence-corrected chi connectivity index (χ4v) is 4.44. The van der Waals surface area contributed by atoms with Crippen LogP contribution in [0, 0.1) is 0 Å². The first kappa shape index (κ1) is 19.5. The number of piperidine rings is 1. The first-order valence-electron chi connectivity index (χ1n) is 9.14. The van der Waals surface area contributed by atoms with Crippen LogP contribution in [0.4, 0.5) is 0 Å². The lowest BCUT2D eigenvalue weighted by atomic mass is 10.1. The van der Waals surface area contributed by atoms with Crippen LogP contribution in [0.15, 0.2) is 59.5 Å². The van der Waals surface area contributed by atoms with Crippen LogP contribution in [0.1, 0.15) is 41.7 Å². The van der Waals surface area contributed by atoms with Gasteiger partial charge in [0.15, 0.2) is 0 Å². The average Bonchev–Trinajstić information content (AvgIpc) is 2.69. The lowest BCUT2D eigenvalue weighted by Crippen LogP contribution is -2.45. The maximum Gasteiger partial charge on any atom is 0.251 e. The lowest BCUT2D eigenvalue weighted by molar-refractivity contribution is 0.0930. The second-order valence-electron chi connectivity index (χ2n) is 6.80. The summed E-state index contributed by atoms with van der Waals surface area (Å²) in [6, 6.07) is 15.2. The number of amides is 1. The van der Waals surface area contributed by atoms with Gasteiger partial charge < -0.3 is 10.6 Å². The Morgan fingerprint density at radius 3 is 2.63 bits per heavy atom. The molecular formula is C20H25N3O3S. The van der Waals surface area contributed by atoms with E-state index in [0.29, 0.717) is 5.56 Å². The van der Waals surface area contributed by atoms with Crippen LogP contribution in [0.3, 0.4) is 0 Å². The Balaban J connectivity index is 1.72. The summed E-state index contributed by atoms with van der Waals surface area (Å²) in [5.41, 5.74) is 1.22. The quantitative estimate of drug-likeness (QED) is 0.709. The highest BCUT2D eigenvalue weighted by atomic mass is 32.2. The van der Waals surface area contributed by atoms with Crippen molar-refractivity contribution in [1.29, 1.82) is 0 Å². The van der Waals surface area contributed by atoms with E-state index in [1.165, 1.54) is 12.1 Å². The van der Waals surface area contributed by atoms with Crippen LogP contribution in [0.5, 0.6) is 0 Å². The molecule has 27 heavy (non-hydrogen) atoms. The first-order valence-corrected chi connectivity index (χ1v) is 10.6. The van der Waals surface area contributed by atoms with Gasteiger partial charge in [-0.15, -0.1) is 0 Å². The van der Waals surface area contributed by atoms with Gasteiger partial charge in [-0.2, -0.15) is 0 Å². The number of carbonyl (C=O) groups excluding carboxylic acids is 1. The van der Waals surface area contributed by atoms with E-state index in [0.717, 1.165) is 31.5 Å². The smallest absolute Gasteiger partial charge is 0.251 e. The van der Waals surface area contributed by atoms with Gasteiger partial charge in [0.2, 0.25) is 10.0 Å². The van der Waals surface area contributed by atoms with E-state index in [4.69, 9.17) is 0 Å². The van der Waals surface area contributed by atoms with Crippen molar-refractivity contribution in [1.82, 2.24) is 15.4 Å². The second-order valence-corrected chi connectivity index (χ2v) is 8.51. The lowest BCUT2D eigenvalue weighted by Gasteiger charge is -2.23. The molecule has 6 nitrogen and oxygen atoms in total. The molecule has 2 unspecified atom stereocenters. The maximum atomic E-state index is 12.7. The SMILES string of the molecule is CC(NS(=O)(=O)c1cccc(C(=O)NC2CCCNC2)c1)c1ccccc1. The summed E-state index contributed by atoms with van der Waals surface area (Å²) < 4.78 is 28.1. The second kappa shape index (κ2) is 8.65. The summed E-state index contributed by atoms with van der Waals surface area (Å²) in [6.07, 6.45) is 1.94. The van der Waals surface area contributed by atoms with Gasteiger partial charge in [-0.25, -0.2) is 13.1 Å². The minimum atomic E-state index is -3.74. The summed E-state index contributed by atoms with van der Waals surface area (Å²) in [6.45, 7) is 3.49. The Morgan fingerprint density at radius 1 is 1.15 bits per heavy atom. The normalized spacial score (nSPS) is 18.6. The Kier molecular flexibility index (Phi) is 6.26. The molecule has 1 amide bonds. The summed E-state index contributed by atoms with van der Waals surface area (Å²) in [5, 5.41) is 6.21. The van der Waals surface area contributed by atoms with E-state index in [-0.39, 0.29) is 22.9 Å². The van der Waals surface area contributed by atoms with E-state index in [1.54, 1.807) is 19.1 Å². The Morgan fingerprint density at radius 2 is 1.93 bits per heavy atom. The number of sulfonamides is 1. The summed E-state index contributed by atoms with van der Waals surface area (Å²) in [7, 11) is -3.74. The van der Waals surface area contributed by atoms with Crippen molar-refractivity contribution in [3.8, 4) is 0 Å². The summed E-state index contributed by atoms with van der Waals surface area (Å²) in [5.74, 6) is -0.253. The molecule has 2 atom stereocenters.